The molecule has 1 N–H and O–H groups in total. The second kappa shape index (κ2) is 8.56. The zero-order chi connectivity index (χ0) is 15.7. The van der Waals surface area contributed by atoms with Crippen LogP contribution in [-0.2, 0) is 29.8 Å². The van der Waals surface area contributed by atoms with Gasteiger partial charge in [-0.2, -0.15) is 0 Å². The summed E-state index contributed by atoms with van der Waals surface area (Å²) in [5.74, 6) is 0. The first kappa shape index (κ1) is 17.4. The number of amides is 1. The van der Waals surface area contributed by atoms with Crippen molar-refractivity contribution in [2.24, 2.45) is 0 Å². The molecule has 0 fully saturated rings. The van der Waals surface area contributed by atoms with Crippen LogP contribution in [0.15, 0.2) is 30.3 Å². The van der Waals surface area contributed by atoms with Gasteiger partial charge in [0.25, 0.3) is 0 Å². The Bertz CT molecular complexity index is 511. The van der Waals surface area contributed by atoms with Gasteiger partial charge < -0.3 is 19.1 Å². The van der Waals surface area contributed by atoms with Gasteiger partial charge >= 0.3 is 13.7 Å². The first-order chi connectivity index (χ1) is 10.0. The molecule has 0 saturated heterocycles. The van der Waals surface area contributed by atoms with Crippen LogP contribution in [0.4, 0.5) is 4.79 Å². The van der Waals surface area contributed by atoms with Crippen molar-refractivity contribution in [3.63, 3.8) is 0 Å². The van der Waals surface area contributed by atoms with Crippen molar-refractivity contribution in [2.75, 3.05) is 20.8 Å². The number of alkyl carbamates (subject to hydrolysis) is 1. The monoisotopic (exact) mass is 315 g/mol. The van der Waals surface area contributed by atoms with Crippen molar-refractivity contribution < 1.29 is 27.9 Å². The summed E-state index contributed by atoms with van der Waals surface area (Å²) in [6, 6.07) is 9.18. The van der Waals surface area contributed by atoms with E-state index < -0.39 is 19.2 Å². The van der Waals surface area contributed by atoms with Crippen LogP contribution in [0.3, 0.4) is 0 Å². The van der Waals surface area contributed by atoms with Gasteiger partial charge in [0.15, 0.2) is 0 Å². The Kier molecular flexibility index (Phi) is 7.08. The van der Waals surface area contributed by atoms with Crippen molar-refractivity contribution >= 4 is 19.2 Å². The Hall–Kier alpha value is -1.69. The van der Waals surface area contributed by atoms with E-state index in [9.17, 15) is 14.2 Å². The Morgan fingerprint density at radius 3 is 2.33 bits per heavy atom. The molecule has 1 amide bonds. The summed E-state index contributed by atoms with van der Waals surface area (Å²) >= 11 is 0. The van der Waals surface area contributed by atoms with Crippen molar-refractivity contribution in [3.05, 3.63) is 35.9 Å². The molecule has 0 radical (unpaired) electrons. The normalized spacial score (nSPS) is 11.0. The summed E-state index contributed by atoms with van der Waals surface area (Å²) in [4.78, 5) is 23.0. The molecular weight excluding hydrogens is 297 g/mol. The SMILES string of the molecule is COP(=O)(OC)C(=O)CCNC(=O)OCc1ccccc1. The number of ether oxygens (including phenoxy) is 1. The molecule has 0 aliphatic carbocycles. The standard InChI is InChI=1S/C13H18NO6P/c1-18-21(17,19-2)12(15)8-9-14-13(16)20-10-11-6-4-3-5-7-11/h3-7H,8-10H2,1-2H3,(H,14,16). The predicted octanol–water partition coefficient (Wildman–Crippen LogP) is 2.32. The minimum atomic E-state index is -3.73. The van der Waals surface area contributed by atoms with E-state index in [0.717, 1.165) is 19.8 Å². The van der Waals surface area contributed by atoms with Gasteiger partial charge in [-0.15, -0.1) is 0 Å². The predicted molar refractivity (Wildman–Crippen MR) is 75.9 cm³/mol. The smallest absolute Gasteiger partial charge is 0.407 e. The molecule has 0 atom stereocenters. The van der Waals surface area contributed by atoms with Crippen molar-refractivity contribution in [1.29, 1.82) is 0 Å². The fourth-order valence-electron chi connectivity index (χ4n) is 1.46. The minimum Gasteiger partial charge on any atom is -0.445 e. The number of rotatable bonds is 8. The molecule has 0 unspecified atom stereocenters. The highest BCUT2D eigenvalue weighted by Gasteiger charge is 2.31. The molecule has 116 valence electrons. The first-order valence-electron chi connectivity index (χ1n) is 6.21. The lowest BCUT2D eigenvalue weighted by Gasteiger charge is -2.12. The van der Waals surface area contributed by atoms with Crippen molar-refractivity contribution in [3.8, 4) is 0 Å². The molecule has 1 rings (SSSR count). The van der Waals surface area contributed by atoms with Gasteiger partial charge in [-0.25, -0.2) is 4.79 Å². The molecule has 0 aliphatic heterocycles. The van der Waals surface area contributed by atoms with Gasteiger partial charge in [0, 0.05) is 27.2 Å². The minimum absolute atomic E-state index is 0.0107. The van der Waals surface area contributed by atoms with Crippen LogP contribution >= 0.6 is 7.60 Å². The highest BCUT2D eigenvalue weighted by atomic mass is 31.2. The number of carbonyl (C=O) groups is 2. The molecule has 0 bridgehead atoms. The average molecular weight is 315 g/mol. The van der Waals surface area contributed by atoms with E-state index in [1.165, 1.54) is 0 Å². The molecule has 21 heavy (non-hydrogen) atoms. The highest BCUT2D eigenvalue weighted by Crippen LogP contribution is 2.47. The van der Waals surface area contributed by atoms with Crippen LogP contribution in [0.1, 0.15) is 12.0 Å². The summed E-state index contributed by atoms with van der Waals surface area (Å²) < 4.78 is 25.8. The zero-order valence-corrected chi connectivity index (χ0v) is 12.8. The van der Waals surface area contributed by atoms with Crippen molar-refractivity contribution in [1.82, 2.24) is 5.32 Å². The van der Waals surface area contributed by atoms with E-state index in [-0.39, 0.29) is 19.6 Å². The third kappa shape index (κ3) is 5.67. The second-order valence-electron chi connectivity index (χ2n) is 3.99. The molecular formula is C13H18NO6P. The van der Waals surface area contributed by atoms with Gasteiger partial charge in [0.05, 0.1) is 0 Å². The van der Waals surface area contributed by atoms with E-state index in [4.69, 9.17) is 4.74 Å². The molecule has 7 nitrogen and oxygen atoms in total. The zero-order valence-electron chi connectivity index (χ0n) is 11.9. The Labute approximate surface area is 123 Å². The molecule has 0 spiro atoms. The molecule has 8 heteroatoms. The third-order valence-corrected chi connectivity index (χ3v) is 4.40. The molecule has 0 saturated carbocycles. The van der Waals surface area contributed by atoms with Crippen LogP contribution in [0.25, 0.3) is 0 Å². The molecule has 0 heterocycles. The molecule has 1 aromatic rings. The molecule has 1 aromatic carbocycles. The van der Waals surface area contributed by atoms with Crippen LogP contribution < -0.4 is 5.32 Å². The maximum Gasteiger partial charge on any atom is 0.407 e. The molecule has 0 aliphatic rings. The largest absolute Gasteiger partial charge is 0.445 e. The third-order valence-electron chi connectivity index (χ3n) is 2.61. The quantitative estimate of drug-likeness (QED) is 0.740. The summed E-state index contributed by atoms with van der Waals surface area (Å²) in [5, 5.41) is 2.39. The summed E-state index contributed by atoms with van der Waals surface area (Å²) in [6.45, 7) is 0.123. The maximum atomic E-state index is 11.7. The highest BCUT2D eigenvalue weighted by molar-refractivity contribution is 7.71. The van der Waals surface area contributed by atoms with Gasteiger partial charge in [0.1, 0.15) is 6.61 Å². The number of nitrogens with one attached hydrogen (secondary N) is 1. The number of hydrogen-bond acceptors (Lipinski definition) is 6. The maximum absolute atomic E-state index is 11.7. The van der Waals surface area contributed by atoms with E-state index in [1.54, 1.807) is 0 Å². The summed E-state index contributed by atoms with van der Waals surface area (Å²) in [5.41, 5.74) is 0.155. The van der Waals surface area contributed by atoms with Crippen molar-refractivity contribution in [2.45, 2.75) is 13.0 Å². The van der Waals surface area contributed by atoms with Gasteiger partial charge in [-0.3, -0.25) is 9.36 Å². The van der Waals surface area contributed by atoms with Crippen LogP contribution in [0, 0.1) is 0 Å². The fourth-order valence-corrected chi connectivity index (χ4v) is 2.40. The Morgan fingerprint density at radius 2 is 1.76 bits per heavy atom. The lowest BCUT2D eigenvalue weighted by Crippen LogP contribution is -2.26. The lowest BCUT2D eigenvalue weighted by molar-refractivity contribution is -0.113. The topological polar surface area (TPSA) is 90.9 Å². The first-order valence-corrected chi connectivity index (χ1v) is 7.75. The van der Waals surface area contributed by atoms with E-state index in [0.29, 0.717) is 0 Å². The van der Waals surface area contributed by atoms with Crippen LogP contribution in [0.5, 0.6) is 0 Å². The van der Waals surface area contributed by atoms with E-state index in [2.05, 4.69) is 14.4 Å². The van der Waals surface area contributed by atoms with Gasteiger partial charge in [-0.1, -0.05) is 30.3 Å². The average Bonchev–Trinajstić information content (AvgIpc) is 2.53. The number of hydrogen-bond donors (Lipinski definition) is 1. The van der Waals surface area contributed by atoms with Gasteiger partial charge in [-0.05, 0) is 5.56 Å². The van der Waals surface area contributed by atoms with E-state index in [1.807, 2.05) is 30.3 Å². The second-order valence-corrected chi connectivity index (χ2v) is 6.22. The number of carbonyl (C=O) groups excluding carboxylic acids is 2. The Balaban J connectivity index is 2.28. The molecule has 0 aromatic heterocycles. The van der Waals surface area contributed by atoms with Gasteiger partial charge in [0.2, 0.25) is 5.52 Å². The lowest BCUT2D eigenvalue weighted by atomic mass is 10.2. The summed E-state index contributed by atoms with van der Waals surface area (Å²) in [6.07, 6.45) is -0.823. The van der Waals surface area contributed by atoms with Crippen LogP contribution in [0.2, 0.25) is 0 Å². The fraction of sp³-hybridized carbons (Fsp3) is 0.385. The number of benzene rings is 1. The van der Waals surface area contributed by atoms with E-state index >= 15 is 0 Å². The Morgan fingerprint density at radius 1 is 1.14 bits per heavy atom. The summed E-state index contributed by atoms with van der Waals surface area (Å²) in [7, 11) is -1.47. The van der Waals surface area contributed by atoms with Crippen LogP contribution in [-0.4, -0.2) is 32.4 Å².